The average molecular weight is 245 g/mol. The van der Waals surface area contributed by atoms with Gasteiger partial charge in [0, 0.05) is 5.56 Å². The van der Waals surface area contributed by atoms with E-state index in [2.05, 4.69) is 17.2 Å². The van der Waals surface area contributed by atoms with Crippen LogP contribution in [-0.4, -0.2) is 29.8 Å². The molecule has 0 fully saturated rings. The third kappa shape index (κ3) is 4.10. The van der Waals surface area contributed by atoms with Gasteiger partial charge in [0.25, 0.3) is 5.91 Å². The highest BCUT2D eigenvalue weighted by Crippen LogP contribution is 2.07. The van der Waals surface area contributed by atoms with Crippen molar-refractivity contribution in [3.8, 4) is 11.8 Å². The first-order valence-corrected chi connectivity index (χ1v) is 5.16. The van der Waals surface area contributed by atoms with E-state index in [1.807, 2.05) is 0 Å². The lowest BCUT2D eigenvalue weighted by Gasteiger charge is -2.04. The fourth-order valence-electron chi connectivity index (χ4n) is 1.23. The molecular formula is C13H11NO4. The molecule has 0 saturated heterocycles. The Labute approximate surface area is 104 Å². The lowest BCUT2D eigenvalue weighted by atomic mass is 10.1. The van der Waals surface area contributed by atoms with Gasteiger partial charge in [-0.05, 0) is 12.1 Å². The first kappa shape index (κ1) is 13.5. The topological polar surface area (TPSA) is 83.5 Å². The SMILES string of the molecule is O=CCC#Cc1ccccc1C(=O)NCC(=O)O. The molecule has 0 bridgehead atoms. The second-order valence-corrected chi connectivity index (χ2v) is 3.29. The van der Waals surface area contributed by atoms with Gasteiger partial charge in [-0.25, -0.2) is 0 Å². The lowest BCUT2D eigenvalue weighted by molar-refractivity contribution is -0.135. The molecule has 0 aromatic heterocycles. The van der Waals surface area contributed by atoms with Gasteiger partial charge in [-0.3, -0.25) is 9.59 Å². The first-order valence-electron chi connectivity index (χ1n) is 5.16. The van der Waals surface area contributed by atoms with E-state index in [9.17, 15) is 14.4 Å². The summed E-state index contributed by atoms with van der Waals surface area (Å²) in [5.74, 6) is 3.67. The standard InChI is InChI=1S/C13H11NO4/c15-8-4-3-6-10-5-1-2-7-11(10)13(18)14-9-12(16)17/h1-2,5,7-8H,4,9H2,(H,14,18)(H,16,17). The molecule has 0 atom stereocenters. The number of carbonyl (C=O) groups excluding carboxylic acids is 2. The Morgan fingerprint density at radius 2 is 2.06 bits per heavy atom. The van der Waals surface area contributed by atoms with Crippen LogP contribution in [0.1, 0.15) is 22.3 Å². The zero-order valence-electron chi connectivity index (χ0n) is 9.47. The molecule has 5 nitrogen and oxygen atoms in total. The van der Waals surface area contributed by atoms with E-state index in [1.165, 1.54) is 0 Å². The van der Waals surface area contributed by atoms with E-state index in [0.717, 1.165) is 0 Å². The van der Waals surface area contributed by atoms with Crippen molar-refractivity contribution in [2.24, 2.45) is 0 Å². The van der Waals surface area contributed by atoms with E-state index < -0.39 is 18.4 Å². The fourth-order valence-corrected chi connectivity index (χ4v) is 1.23. The molecule has 0 heterocycles. The van der Waals surface area contributed by atoms with Gasteiger partial charge in [0.15, 0.2) is 0 Å². The Kier molecular flexibility index (Phi) is 5.13. The van der Waals surface area contributed by atoms with Crippen LogP contribution < -0.4 is 5.32 Å². The van der Waals surface area contributed by atoms with Crippen molar-refractivity contribution in [1.29, 1.82) is 0 Å². The molecule has 5 heteroatoms. The van der Waals surface area contributed by atoms with Gasteiger partial charge in [-0.1, -0.05) is 24.0 Å². The van der Waals surface area contributed by atoms with Crippen LogP contribution in [0.4, 0.5) is 0 Å². The van der Waals surface area contributed by atoms with Gasteiger partial charge in [0.2, 0.25) is 0 Å². The zero-order chi connectivity index (χ0) is 13.4. The number of carboxylic acid groups (broad SMARTS) is 1. The maximum atomic E-state index is 11.7. The largest absolute Gasteiger partial charge is 0.480 e. The van der Waals surface area contributed by atoms with Crippen molar-refractivity contribution in [2.45, 2.75) is 6.42 Å². The molecule has 1 rings (SSSR count). The third-order valence-corrected chi connectivity index (χ3v) is 1.98. The maximum absolute atomic E-state index is 11.7. The van der Waals surface area contributed by atoms with Crippen molar-refractivity contribution in [3.63, 3.8) is 0 Å². The van der Waals surface area contributed by atoms with Crippen LogP contribution in [0.15, 0.2) is 24.3 Å². The maximum Gasteiger partial charge on any atom is 0.322 e. The van der Waals surface area contributed by atoms with E-state index in [4.69, 9.17) is 5.11 Å². The van der Waals surface area contributed by atoms with Crippen LogP contribution in [0.25, 0.3) is 0 Å². The Balaban J connectivity index is 2.88. The molecule has 0 aliphatic heterocycles. The van der Waals surface area contributed by atoms with Crippen molar-refractivity contribution in [3.05, 3.63) is 35.4 Å². The van der Waals surface area contributed by atoms with Crippen molar-refractivity contribution < 1.29 is 19.5 Å². The molecule has 1 aromatic rings. The summed E-state index contributed by atoms with van der Waals surface area (Å²) in [7, 11) is 0. The first-order chi connectivity index (χ1) is 8.65. The van der Waals surface area contributed by atoms with E-state index in [-0.39, 0.29) is 12.0 Å². The molecule has 0 aliphatic rings. The summed E-state index contributed by atoms with van der Waals surface area (Å²) in [4.78, 5) is 32.2. The van der Waals surface area contributed by atoms with Crippen molar-refractivity contribution in [2.75, 3.05) is 6.54 Å². The van der Waals surface area contributed by atoms with Crippen LogP contribution in [0.2, 0.25) is 0 Å². The minimum atomic E-state index is -1.12. The Morgan fingerprint density at radius 3 is 2.72 bits per heavy atom. The normalized spacial score (nSPS) is 8.89. The van der Waals surface area contributed by atoms with Crippen LogP contribution in [0.3, 0.4) is 0 Å². The quantitative estimate of drug-likeness (QED) is 0.595. The Hall–Kier alpha value is -2.61. The minimum Gasteiger partial charge on any atom is -0.480 e. The van der Waals surface area contributed by atoms with Gasteiger partial charge < -0.3 is 15.2 Å². The predicted octanol–water partition coefficient (Wildman–Crippen LogP) is 0.441. The van der Waals surface area contributed by atoms with E-state index in [0.29, 0.717) is 11.8 Å². The minimum absolute atomic E-state index is 0.0884. The average Bonchev–Trinajstić information content (AvgIpc) is 2.37. The zero-order valence-corrected chi connectivity index (χ0v) is 9.47. The second kappa shape index (κ2) is 6.86. The molecule has 92 valence electrons. The number of carboxylic acids is 1. The highest BCUT2D eigenvalue weighted by molar-refractivity contribution is 5.98. The number of amides is 1. The number of aldehydes is 1. The van der Waals surface area contributed by atoms with Crippen LogP contribution in [0.5, 0.6) is 0 Å². The van der Waals surface area contributed by atoms with E-state index >= 15 is 0 Å². The van der Waals surface area contributed by atoms with Gasteiger partial charge >= 0.3 is 5.97 Å². The lowest BCUT2D eigenvalue weighted by Crippen LogP contribution is -2.29. The van der Waals surface area contributed by atoms with Crippen molar-refractivity contribution in [1.82, 2.24) is 5.32 Å². The second-order valence-electron chi connectivity index (χ2n) is 3.29. The molecule has 18 heavy (non-hydrogen) atoms. The molecule has 1 amide bonds. The summed E-state index contributed by atoms with van der Waals surface area (Å²) in [6, 6.07) is 6.54. The van der Waals surface area contributed by atoms with Gasteiger partial charge in [0.05, 0.1) is 12.0 Å². The highest BCUT2D eigenvalue weighted by Gasteiger charge is 2.10. The summed E-state index contributed by atoms with van der Waals surface area (Å²) >= 11 is 0. The number of nitrogens with one attached hydrogen (secondary N) is 1. The van der Waals surface area contributed by atoms with Crippen LogP contribution in [-0.2, 0) is 9.59 Å². The molecule has 0 aliphatic carbocycles. The number of hydrogen-bond acceptors (Lipinski definition) is 3. The smallest absolute Gasteiger partial charge is 0.322 e. The monoisotopic (exact) mass is 245 g/mol. The molecular weight excluding hydrogens is 234 g/mol. The summed E-state index contributed by atoms with van der Waals surface area (Å²) in [5, 5.41) is 10.7. The molecule has 2 N–H and O–H groups in total. The third-order valence-electron chi connectivity index (χ3n) is 1.98. The van der Waals surface area contributed by atoms with Crippen LogP contribution in [0, 0.1) is 11.8 Å². The predicted molar refractivity (Wildman–Crippen MR) is 64.0 cm³/mol. The molecule has 0 spiro atoms. The van der Waals surface area contributed by atoms with Crippen molar-refractivity contribution >= 4 is 18.2 Å². The van der Waals surface area contributed by atoms with Gasteiger partial charge in [0.1, 0.15) is 12.8 Å². The molecule has 0 unspecified atom stereocenters. The summed E-state index contributed by atoms with van der Waals surface area (Å²) < 4.78 is 0. The van der Waals surface area contributed by atoms with Gasteiger partial charge in [-0.2, -0.15) is 0 Å². The summed E-state index contributed by atoms with van der Waals surface area (Å²) in [5.41, 5.74) is 0.749. The van der Waals surface area contributed by atoms with E-state index in [1.54, 1.807) is 24.3 Å². The van der Waals surface area contributed by atoms with Crippen LogP contribution >= 0.6 is 0 Å². The number of benzene rings is 1. The number of aliphatic carboxylic acids is 1. The summed E-state index contributed by atoms with van der Waals surface area (Å²) in [6.45, 7) is -0.449. The summed E-state index contributed by atoms with van der Waals surface area (Å²) in [6.07, 6.45) is 0.755. The highest BCUT2D eigenvalue weighted by atomic mass is 16.4. The molecule has 0 radical (unpaired) electrons. The fraction of sp³-hybridized carbons (Fsp3) is 0.154. The van der Waals surface area contributed by atoms with Gasteiger partial charge in [-0.15, -0.1) is 0 Å². The Morgan fingerprint density at radius 1 is 1.33 bits per heavy atom. The molecule has 1 aromatic carbocycles. The molecule has 0 saturated carbocycles. The number of hydrogen-bond donors (Lipinski definition) is 2. The Bertz CT molecular complexity index is 525. The number of rotatable bonds is 4. The number of carbonyl (C=O) groups is 3.